The number of benzene rings is 1. The summed E-state index contributed by atoms with van der Waals surface area (Å²) in [6.07, 6.45) is 2.34. The number of hydrogen-bond acceptors (Lipinski definition) is 3. The molecule has 0 heterocycles. The highest BCUT2D eigenvalue weighted by Crippen LogP contribution is 2.31. The van der Waals surface area contributed by atoms with E-state index in [1.807, 2.05) is 26.0 Å². The molecule has 0 aliphatic heterocycles. The van der Waals surface area contributed by atoms with Gasteiger partial charge in [0.05, 0.1) is 0 Å². The number of hydrogen-bond donors (Lipinski definition) is 4. The zero-order chi connectivity index (χ0) is 16.8. The topological polar surface area (TPSA) is 96.2 Å². The van der Waals surface area contributed by atoms with Gasteiger partial charge >= 0.3 is 6.03 Å². The molecule has 5 N–H and O–H groups in total. The van der Waals surface area contributed by atoms with Gasteiger partial charge in [-0.05, 0) is 50.3 Å². The fourth-order valence-electron chi connectivity index (χ4n) is 2.27. The number of rotatable bonds is 7. The molecule has 1 aromatic carbocycles. The number of carbonyl (C=O) groups is 2. The van der Waals surface area contributed by atoms with Crippen LogP contribution in [0.4, 0.5) is 4.79 Å². The van der Waals surface area contributed by atoms with Crippen LogP contribution >= 0.6 is 0 Å². The van der Waals surface area contributed by atoms with E-state index in [2.05, 4.69) is 16.0 Å². The van der Waals surface area contributed by atoms with Gasteiger partial charge in [0.1, 0.15) is 0 Å². The minimum atomic E-state index is -0.198. The normalized spacial score (nSPS) is 15.1. The van der Waals surface area contributed by atoms with E-state index in [0.717, 1.165) is 5.56 Å². The maximum absolute atomic E-state index is 12.0. The summed E-state index contributed by atoms with van der Waals surface area (Å²) in [5.41, 5.74) is 7.51. The molecular formula is C17H26N4O2. The van der Waals surface area contributed by atoms with Gasteiger partial charge in [-0.1, -0.05) is 12.1 Å². The Hall–Kier alpha value is -2.08. The van der Waals surface area contributed by atoms with E-state index in [9.17, 15) is 9.59 Å². The molecule has 6 heteroatoms. The molecule has 1 aromatic rings. The van der Waals surface area contributed by atoms with E-state index in [1.54, 1.807) is 12.1 Å². The maximum atomic E-state index is 12.0. The summed E-state index contributed by atoms with van der Waals surface area (Å²) in [4.78, 5) is 23.6. The first-order chi connectivity index (χ1) is 11.0. The van der Waals surface area contributed by atoms with Crippen LogP contribution in [0.25, 0.3) is 0 Å². The highest BCUT2D eigenvalue weighted by Gasteiger charge is 2.28. The average Bonchev–Trinajstić information content (AvgIpc) is 3.35. The van der Waals surface area contributed by atoms with Crippen molar-refractivity contribution in [3.05, 3.63) is 35.4 Å². The van der Waals surface area contributed by atoms with Crippen molar-refractivity contribution < 1.29 is 9.59 Å². The molecule has 23 heavy (non-hydrogen) atoms. The van der Waals surface area contributed by atoms with Gasteiger partial charge in [-0.25, -0.2) is 4.79 Å². The molecule has 0 aromatic heterocycles. The third kappa shape index (κ3) is 5.90. The van der Waals surface area contributed by atoms with Gasteiger partial charge < -0.3 is 21.7 Å². The predicted molar refractivity (Wildman–Crippen MR) is 90.0 cm³/mol. The largest absolute Gasteiger partial charge is 0.350 e. The van der Waals surface area contributed by atoms with E-state index in [0.29, 0.717) is 24.6 Å². The van der Waals surface area contributed by atoms with Crippen molar-refractivity contribution in [3.8, 4) is 0 Å². The minimum absolute atomic E-state index is 0.0573. The minimum Gasteiger partial charge on any atom is -0.350 e. The van der Waals surface area contributed by atoms with Gasteiger partial charge in [0.25, 0.3) is 5.91 Å². The van der Waals surface area contributed by atoms with Crippen LogP contribution in [0.15, 0.2) is 24.3 Å². The van der Waals surface area contributed by atoms with Gasteiger partial charge in [-0.2, -0.15) is 0 Å². The Balaban J connectivity index is 1.76. The lowest BCUT2D eigenvalue weighted by molar-refractivity contribution is 0.0950. The summed E-state index contributed by atoms with van der Waals surface area (Å²) in [7, 11) is 0. The quantitative estimate of drug-likeness (QED) is 0.611. The van der Waals surface area contributed by atoms with Gasteiger partial charge in [0.15, 0.2) is 0 Å². The highest BCUT2D eigenvalue weighted by molar-refractivity contribution is 5.94. The van der Waals surface area contributed by atoms with Crippen LogP contribution in [-0.4, -0.2) is 30.6 Å². The van der Waals surface area contributed by atoms with E-state index in [4.69, 9.17) is 5.73 Å². The van der Waals surface area contributed by atoms with Gasteiger partial charge in [0, 0.05) is 30.7 Å². The van der Waals surface area contributed by atoms with Gasteiger partial charge in [-0.3, -0.25) is 4.79 Å². The molecule has 0 spiro atoms. The second-order valence-electron chi connectivity index (χ2n) is 6.39. The van der Waals surface area contributed by atoms with E-state index >= 15 is 0 Å². The molecule has 6 nitrogen and oxygen atoms in total. The van der Waals surface area contributed by atoms with Crippen LogP contribution in [0.5, 0.6) is 0 Å². The van der Waals surface area contributed by atoms with Crippen molar-refractivity contribution in [2.75, 3.05) is 6.54 Å². The summed E-state index contributed by atoms with van der Waals surface area (Å²) < 4.78 is 0. The van der Waals surface area contributed by atoms with Crippen molar-refractivity contribution in [2.45, 2.75) is 45.3 Å². The predicted octanol–water partition coefficient (Wildman–Crippen LogP) is 1.36. The van der Waals surface area contributed by atoms with Crippen LogP contribution in [-0.2, 0) is 6.54 Å². The Labute approximate surface area is 137 Å². The first kappa shape index (κ1) is 17.3. The van der Waals surface area contributed by atoms with Crippen molar-refractivity contribution in [3.63, 3.8) is 0 Å². The molecule has 2 rings (SSSR count). The Bertz CT molecular complexity index is 538. The summed E-state index contributed by atoms with van der Waals surface area (Å²) in [5.74, 6) is 0.457. The maximum Gasteiger partial charge on any atom is 0.315 e. The van der Waals surface area contributed by atoms with Gasteiger partial charge in [-0.15, -0.1) is 0 Å². The third-order valence-corrected chi connectivity index (χ3v) is 3.81. The van der Waals surface area contributed by atoms with Crippen molar-refractivity contribution in [1.29, 1.82) is 0 Å². The first-order valence-electron chi connectivity index (χ1n) is 8.13. The number of urea groups is 1. The Kier molecular flexibility index (Phi) is 5.98. The third-order valence-electron chi connectivity index (χ3n) is 3.81. The van der Waals surface area contributed by atoms with Crippen LogP contribution in [0.1, 0.15) is 42.6 Å². The SMILES string of the molecule is CC(C)NC(=O)NCc1ccc(C(=O)NCC(N)C2CC2)cc1. The zero-order valence-electron chi connectivity index (χ0n) is 13.8. The smallest absolute Gasteiger partial charge is 0.315 e. The first-order valence-corrected chi connectivity index (χ1v) is 8.13. The van der Waals surface area contributed by atoms with Crippen LogP contribution in [0.2, 0.25) is 0 Å². The summed E-state index contributed by atoms with van der Waals surface area (Å²) in [6.45, 7) is 4.75. The average molecular weight is 318 g/mol. The lowest BCUT2D eigenvalue weighted by Crippen LogP contribution is -2.39. The number of amides is 3. The lowest BCUT2D eigenvalue weighted by atomic mass is 10.1. The lowest BCUT2D eigenvalue weighted by Gasteiger charge is -2.12. The standard InChI is InChI=1S/C17H26N4O2/c1-11(2)21-17(23)20-9-12-3-5-14(6-4-12)16(22)19-10-15(18)13-7-8-13/h3-6,11,13,15H,7-10,18H2,1-2H3,(H,19,22)(H2,20,21,23). The molecule has 1 aliphatic carbocycles. The van der Waals surface area contributed by atoms with Crippen molar-refractivity contribution in [2.24, 2.45) is 11.7 Å². The zero-order valence-corrected chi connectivity index (χ0v) is 13.8. The van der Waals surface area contributed by atoms with Crippen molar-refractivity contribution in [1.82, 2.24) is 16.0 Å². The molecule has 1 aliphatic rings. The molecule has 126 valence electrons. The fourth-order valence-corrected chi connectivity index (χ4v) is 2.27. The second-order valence-corrected chi connectivity index (χ2v) is 6.39. The Morgan fingerprint density at radius 3 is 2.39 bits per heavy atom. The molecule has 0 radical (unpaired) electrons. The van der Waals surface area contributed by atoms with Crippen LogP contribution in [0.3, 0.4) is 0 Å². The molecule has 1 unspecified atom stereocenters. The van der Waals surface area contributed by atoms with E-state index < -0.39 is 0 Å². The van der Waals surface area contributed by atoms with Crippen LogP contribution < -0.4 is 21.7 Å². The second kappa shape index (κ2) is 7.97. The number of nitrogens with one attached hydrogen (secondary N) is 3. The van der Waals surface area contributed by atoms with Gasteiger partial charge in [0.2, 0.25) is 0 Å². The van der Waals surface area contributed by atoms with Crippen molar-refractivity contribution >= 4 is 11.9 Å². The van der Waals surface area contributed by atoms with E-state index in [-0.39, 0.29) is 24.0 Å². The highest BCUT2D eigenvalue weighted by atomic mass is 16.2. The van der Waals surface area contributed by atoms with Crippen LogP contribution in [0, 0.1) is 5.92 Å². The number of nitrogens with two attached hydrogens (primary N) is 1. The fraction of sp³-hybridized carbons (Fsp3) is 0.529. The molecule has 3 amide bonds. The molecule has 0 bridgehead atoms. The summed E-state index contributed by atoms with van der Waals surface area (Å²) >= 11 is 0. The Morgan fingerprint density at radius 2 is 1.83 bits per heavy atom. The van der Waals surface area contributed by atoms with E-state index in [1.165, 1.54) is 12.8 Å². The number of carbonyl (C=O) groups excluding carboxylic acids is 2. The molecule has 1 atom stereocenters. The molecule has 1 saturated carbocycles. The summed E-state index contributed by atoms with van der Waals surface area (Å²) in [5, 5.41) is 8.40. The molecule has 1 fully saturated rings. The summed E-state index contributed by atoms with van der Waals surface area (Å²) in [6, 6.07) is 7.16. The Morgan fingerprint density at radius 1 is 1.17 bits per heavy atom. The molecular weight excluding hydrogens is 292 g/mol. The monoisotopic (exact) mass is 318 g/mol. The molecule has 0 saturated heterocycles.